The molecule has 0 bridgehead atoms. The van der Waals surface area contributed by atoms with Gasteiger partial charge in [-0.2, -0.15) is 0 Å². The van der Waals surface area contributed by atoms with Gasteiger partial charge in [0.15, 0.2) is 11.6 Å². The van der Waals surface area contributed by atoms with E-state index in [0.29, 0.717) is 22.6 Å². The maximum Gasteiger partial charge on any atom is 0.184 e. The van der Waals surface area contributed by atoms with Crippen LogP contribution in [0.15, 0.2) is 42.5 Å². The Morgan fingerprint density at radius 2 is 1.43 bits per heavy atom. The molecule has 1 aliphatic carbocycles. The minimum absolute atomic E-state index is 0.277. The average molecular weight is 312 g/mol. The van der Waals surface area contributed by atoms with Gasteiger partial charge in [-0.25, -0.2) is 0 Å². The third-order valence-corrected chi connectivity index (χ3v) is 4.31. The highest BCUT2D eigenvalue weighted by Crippen LogP contribution is 2.41. The lowest BCUT2D eigenvalue weighted by Gasteiger charge is -2.23. The van der Waals surface area contributed by atoms with Crippen LogP contribution in [-0.4, -0.2) is 37.5 Å². The molecule has 0 radical (unpaired) electrons. The summed E-state index contributed by atoms with van der Waals surface area (Å²) in [4.78, 5) is 25.8. The van der Waals surface area contributed by atoms with Crippen molar-refractivity contribution in [3.63, 3.8) is 0 Å². The summed E-state index contributed by atoms with van der Waals surface area (Å²) in [6.07, 6.45) is 0. The number of carbonyl (C=O) groups is 2. The number of methoxy groups -OCH3 is 2. The monoisotopic (exact) mass is 312 g/mol. The van der Waals surface area contributed by atoms with E-state index in [2.05, 4.69) is 0 Å². The van der Waals surface area contributed by atoms with E-state index in [1.54, 1.807) is 36.4 Å². The van der Waals surface area contributed by atoms with Crippen molar-refractivity contribution in [1.82, 2.24) is 0 Å². The van der Waals surface area contributed by atoms with Crippen LogP contribution in [-0.2, 0) is 5.41 Å². The van der Waals surface area contributed by atoms with Gasteiger partial charge in [0, 0.05) is 11.1 Å². The number of aliphatic hydroxyl groups is 1. The van der Waals surface area contributed by atoms with Crippen molar-refractivity contribution in [1.29, 1.82) is 0 Å². The van der Waals surface area contributed by atoms with Crippen molar-refractivity contribution in [3.8, 4) is 11.5 Å². The molecule has 0 spiro atoms. The van der Waals surface area contributed by atoms with Crippen LogP contribution in [0.4, 0.5) is 0 Å². The Morgan fingerprint density at radius 3 is 2.00 bits per heavy atom. The fraction of sp³-hybridized carbons (Fsp3) is 0.222. The summed E-state index contributed by atoms with van der Waals surface area (Å²) < 4.78 is 10.2. The minimum atomic E-state index is -1.60. The van der Waals surface area contributed by atoms with Gasteiger partial charge in [0.1, 0.15) is 16.9 Å². The van der Waals surface area contributed by atoms with Crippen molar-refractivity contribution >= 4 is 11.6 Å². The maximum absolute atomic E-state index is 12.9. The standard InChI is InChI=1S/C18H16O5/c1-22-12-5-3-11(4-6-12)18(10-19)16(20)14-8-7-13(23-2)9-15(14)17(18)21/h3-9,19H,10H2,1-2H3. The van der Waals surface area contributed by atoms with Crippen LogP contribution in [0.3, 0.4) is 0 Å². The van der Waals surface area contributed by atoms with Crippen LogP contribution < -0.4 is 9.47 Å². The van der Waals surface area contributed by atoms with Crippen molar-refractivity contribution in [3.05, 3.63) is 59.2 Å². The largest absolute Gasteiger partial charge is 0.497 e. The highest BCUT2D eigenvalue weighted by molar-refractivity contribution is 6.33. The molecule has 118 valence electrons. The van der Waals surface area contributed by atoms with Gasteiger partial charge in [0.2, 0.25) is 0 Å². The zero-order valence-corrected chi connectivity index (χ0v) is 12.8. The van der Waals surface area contributed by atoms with Gasteiger partial charge in [-0.15, -0.1) is 0 Å². The molecule has 23 heavy (non-hydrogen) atoms. The predicted octanol–water partition coefficient (Wildman–Crippen LogP) is 2.01. The topological polar surface area (TPSA) is 72.8 Å². The van der Waals surface area contributed by atoms with Crippen molar-refractivity contribution in [2.75, 3.05) is 20.8 Å². The summed E-state index contributed by atoms with van der Waals surface area (Å²) in [5.41, 5.74) is -0.563. The molecule has 0 saturated carbocycles. The van der Waals surface area contributed by atoms with E-state index in [4.69, 9.17) is 9.47 Å². The molecule has 0 amide bonds. The number of Topliss-reactive ketones (excluding diaryl/α,β-unsaturated/α-hetero) is 2. The first-order chi connectivity index (χ1) is 11.1. The van der Waals surface area contributed by atoms with E-state index in [0.717, 1.165) is 0 Å². The smallest absolute Gasteiger partial charge is 0.184 e. The molecule has 1 atom stereocenters. The van der Waals surface area contributed by atoms with Gasteiger partial charge in [-0.1, -0.05) is 12.1 Å². The number of ether oxygens (including phenoxy) is 2. The van der Waals surface area contributed by atoms with Gasteiger partial charge in [0.05, 0.1) is 20.8 Å². The van der Waals surface area contributed by atoms with Gasteiger partial charge >= 0.3 is 0 Å². The van der Waals surface area contributed by atoms with E-state index in [1.807, 2.05) is 0 Å². The molecule has 5 heteroatoms. The van der Waals surface area contributed by atoms with Gasteiger partial charge in [0.25, 0.3) is 0 Å². The number of carbonyl (C=O) groups excluding carboxylic acids is 2. The molecule has 5 nitrogen and oxygen atoms in total. The number of hydrogen-bond acceptors (Lipinski definition) is 5. The summed E-state index contributed by atoms with van der Waals surface area (Å²) in [5.74, 6) is 0.296. The van der Waals surface area contributed by atoms with Crippen LogP contribution in [0.5, 0.6) is 11.5 Å². The third-order valence-electron chi connectivity index (χ3n) is 4.31. The van der Waals surface area contributed by atoms with Crippen LogP contribution in [0.25, 0.3) is 0 Å². The maximum atomic E-state index is 12.9. The Labute approximate surface area is 133 Å². The molecule has 3 rings (SSSR count). The van der Waals surface area contributed by atoms with Crippen LogP contribution >= 0.6 is 0 Å². The Kier molecular flexibility index (Phi) is 3.66. The molecule has 0 heterocycles. The summed E-state index contributed by atoms with van der Waals surface area (Å²) in [6.45, 7) is -0.589. The first-order valence-corrected chi connectivity index (χ1v) is 7.11. The van der Waals surface area contributed by atoms with E-state index in [9.17, 15) is 14.7 Å². The number of benzene rings is 2. The number of hydrogen-bond donors (Lipinski definition) is 1. The highest BCUT2D eigenvalue weighted by Gasteiger charge is 2.54. The number of ketones is 2. The van der Waals surface area contributed by atoms with Gasteiger partial charge in [-0.3, -0.25) is 9.59 Å². The molecule has 0 aromatic heterocycles. The minimum Gasteiger partial charge on any atom is -0.497 e. The van der Waals surface area contributed by atoms with Crippen LogP contribution in [0.1, 0.15) is 26.3 Å². The highest BCUT2D eigenvalue weighted by atomic mass is 16.5. The molecule has 0 aliphatic heterocycles. The van der Waals surface area contributed by atoms with Crippen molar-refractivity contribution in [2.24, 2.45) is 0 Å². The Hall–Kier alpha value is -2.66. The summed E-state index contributed by atoms with van der Waals surface area (Å²) in [7, 11) is 3.02. The summed E-state index contributed by atoms with van der Waals surface area (Å²) in [5, 5.41) is 9.93. The molecule has 1 N–H and O–H groups in total. The van der Waals surface area contributed by atoms with Gasteiger partial charge in [-0.05, 0) is 35.9 Å². The second kappa shape index (κ2) is 5.52. The lowest BCUT2D eigenvalue weighted by molar-refractivity contribution is 0.0711. The fourth-order valence-electron chi connectivity index (χ4n) is 2.97. The molecule has 1 unspecified atom stereocenters. The molecule has 2 aromatic rings. The normalized spacial score (nSPS) is 19.6. The summed E-state index contributed by atoms with van der Waals surface area (Å²) >= 11 is 0. The van der Waals surface area contributed by atoms with E-state index in [-0.39, 0.29) is 5.56 Å². The molecule has 0 saturated heterocycles. The zero-order chi connectivity index (χ0) is 16.6. The van der Waals surface area contributed by atoms with Gasteiger partial charge < -0.3 is 14.6 Å². The predicted molar refractivity (Wildman–Crippen MR) is 83.4 cm³/mol. The van der Waals surface area contributed by atoms with E-state index in [1.165, 1.54) is 20.3 Å². The van der Waals surface area contributed by atoms with E-state index >= 15 is 0 Å². The van der Waals surface area contributed by atoms with Crippen LogP contribution in [0, 0.1) is 0 Å². The molecule has 2 aromatic carbocycles. The fourth-order valence-corrected chi connectivity index (χ4v) is 2.97. The molecular weight excluding hydrogens is 296 g/mol. The second-order valence-electron chi connectivity index (χ2n) is 5.36. The average Bonchev–Trinajstić information content (AvgIpc) is 2.83. The zero-order valence-electron chi connectivity index (χ0n) is 12.8. The lowest BCUT2D eigenvalue weighted by Crippen LogP contribution is -2.42. The third kappa shape index (κ3) is 2.04. The van der Waals surface area contributed by atoms with Crippen molar-refractivity contribution < 1.29 is 24.2 Å². The quantitative estimate of drug-likeness (QED) is 0.874. The van der Waals surface area contributed by atoms with Crippen molar-refractivity contribution in [2.45, 2.75) is 5.41 Å². The number of fused-ring (bicyclic) bond motifs is 1. The molecule has 0 fully saturated rings. The van der Waals surface area contributed by atoms with Crippen LogP contribution in [0.2, 0.25) is 0 Å². The lowest BCUT2D eigenvalue weighted by atomic mass is 9.76. The summed E-state index contributed by atoms with van der Waals surface area (Å²) in [6, 6.07) is 11.3. The van der Waals surface area contributed by atoms with E-state index < -0.39 is 23.6 Å². The molecular formula is C18H16O5. The number of rotatable bonds is 4. The second-order valence-corrected chi connectivity index (χ2v) is 5.36. The Morgan fingerprint density at radius 1 is 0.870 bits per heavy atom. The Balaban J connectivity index is 2.16. The first kappa shape index (κ1) is 15.2. The Bertz CT molecular complexity index is 778. The SMILES string of the molecule is COc1ccc(C2(CO)C(=O)c3ccc(OC)cc3C2=O)cc1. The number of aliphatic hydroxyl groups excluding tert-OH is 1. The first-order valence-electron chi connectivity index (χ1n) is 7.11. The molecule has 1 aliphatic rings.